The summed E-state index contributed by atoms with van der Waals surface area (Å²) in [5.74, 6) is -0.333. The van der Waals surface area contributed by atoms with Crippen LogP contribution in [0.4, 0.5) is 4.39 Å². The van der Waals surface area contributed by atoms with Crippen molar-refractivity contribution >= 4 is 5.78 Å². The quantitative estimate of drug-likeness (QED) is 0.753. The molecule has 0 aliphatic carbocycles. The van der Waals surface area contributed by atoms with Gasteiger partial charge in [-0.1, -0.05) is 12.1 Å². The normalized spacial score (nSPS) is 10.2. The number of Topliss-reactive ketones (excluding diaryl/α,β-unsaturated/α-hetero) is 1. The highest BCUT2D eigenvalue weighted by Gasteiger charge is 2.06. The molecule has 0 saturated heterocycles. The molecular weight excluding hydrogens is 219 g/mol. The van der Waals surface area contributed by atoms with Crippen molar-refractivity contribution in [3.8, 4) is 6.07 Å². The number of hydrogen-bond donors (Lipinski definition) is 0. The van der Waals surface area contributed by atoms with Gasteiger partial charge < -0.3 is 0 Å². The van der Waals surface area contributed by atoms with Gasteiger partial charge in [0.2, 0.25) is 0 Å². The van der Waals surface area contributed by atoms with Crippen molar-refractivity contribution in [3.05, 3.63) is 35.6 Å². The number of rotatable bonds is 6. The summed E-state index contributed by atoms with van der Waals surface area (Å²) in [6.07, 6.45) is 0.637. The summed E-state index contributed by atoms with van der Waals surface area (Å²) >= 11 is 0. The lowest BCUT2D eigenvalue weighted by Gasteiger charge is -2.14. The van der Waals surface area contributed by atoms with Crippen LogP contribution in [-0.2, 0) is 11.2 Å². The Morgan fingerprint density at radius 2 is 2.29 bits per heavy atom. The first-order chi connectivity index (χ1) is 8.11. The van der Waals surface area contributed by atoms with Gasteiger partial charge in [-0.25, -0.2) is 4.39 Å². The molecule has 0 bridgehead atoms. The van der Waals surface area contributed by atoms with E-state index in [4.69, 9.17) is 5.26 Å². The van der Waals surface area contributed by atoms with Gasteiger partial charge in [0, 0.05) is 6.54 Å². The summed E-state index contributed by atoms with van der Waals surface area (Å²) in [7, 11) is 1.81. The van der Waals surface area contributed by atoms with E-state index in [1.165, 1.54) is 12.1 Å². The number of carbonyl (C=O) groups excluding carboxylic acids is 1. The maximum atomic E-state index is 12.9. The monoisotopic (exact) mass is 234 g/mol. The number of hydrogen-bond acceptors (Lipinski definition) is 3. The van der Waals surface area contributed by atoms with Crippen molar-refractivity contribution in [3.63, 3.8) is 0 Å². The number of halogens is 1. The molecule has 0 heterocycles. The molecule has 17 heavy (non-hydrogen) atoms. The molecule has 0 N–H and O–H groups in total. The number of nitrogens with zero attached hydrogens (tertiary/aromatic N) is 2. The fraction of sp³-hybridized carbons (Fsp3) is 0.385. The van der Waals surface area contributed by atoms with Gasteiger partial charge >= 0.3 is 0 Å². The fourth-order valence-corrected chi connectivity index (χ4v) is 1.54. The first kappa shape index (κ1) is 13.3. The van der Waals surface area contributed by atoms with Gasteiger partial charge in [0.05, 0.1) is 19.0 Å². The van der Waals surface area contributed by atoms with E-state index >= 15 is 0 Å². The predicted molar refractivity (Wildman–Crippen MR) is 62.8 cm³/mol. The highest BCUT2D eigenvalue weighted by Crippen LogP contribution is 2.04. The Bertz CT molecular complexity index is 426. The molecule has 0 saturated carbocycles. The van der Waals surface area contributed by atoms with Gasteiger partial charge in [-0.05, 0) is 31.2 Å². The smallest absolute Gasteiger partial charge is 0.160 e. The van der Waals surface area contributed by atoms with Crippen LogP contribution in [0.25, 0.3) is 0 Å². The van der Waals surface area contributed by atoms with Crippen LogP contribution in [0.2, 0.25) is 0 Å². The van der Waals surface area contributed by atoms with Crippen molar-refractivity contribution in [1.82, 2.24) is 4.90 Å². The maximum absolute atomic E-state index is 12.9. The number of carbonyl (C=O) groups is 1. The molecule has 0 spiro atoms. The summed E-state index contributed by atoms with van der Waals surface area (Å²) in [4.78, 5) is 13.0. The minimum atomic E-state index is -0.245. The zero-order valence-corrected chi connectivity index (χ0v) is 9.82. The largest absolute Gasteiger partial charge is 0.299 e. The molecule has 0 aliphatic rings. The van der Waals surface area contributed by atoms with E-state index in [-0.39, 0.29) is 24.6 Å². The summed E-state index contributed by atoms with van der Waals surface area (Å²) in [6.45, 7) is 0.934. The SMILES string of the molecule is CN(CCc1cccc(F)c1)CC(=O)CC#N. The molecule has 0 aliphatic heterocycles. The van der Waals surface area contributed by atoms with E-state index in [0.717, 1.165) is 5.56 Å². The first-order valence-corrected chi connectivity index (χ1v) is 5.43. The van der Waals surface area contributed by atoms with Gasteiger partial charge in [-0.3, -0.25) is 9.69 Å². The lowest BCUT2D eigenvalue weighted by atomic mass is 10.1. The zero-order chi connectivity index (χ0) is 12.7. The van der Waals surface area contributed by atoms with Crippen LogP contribution in [0.5, 0.6) is 0 Å². The molecule has 1 aromatic rings. The minimum absolute atomic E-state index is 0.0513. The highest BCUT2D eigenvalue weighted by atomic mass is 19.1. The number of ketones is 1. The van der Waals surface area contributed by atoms with Crippen molar-refractivity contribution < 1.29 is 9.18 Å². The van der Waals surface area contributed by atoms with Crippen molar-refractivity contribution in [2.45, 2.75) is 12.8 Å². The molecular formula is C13H15FN2O. The lowest BCUT2D eigenvalue weighted by molar-refractivity contribution is -0.118. The highest BCUT2D eigenvalue weighted by molar-refractivity contribution is 5.82. The van der Waals surface area contributed by atoms with Crippen LogP contribution in [0, 0.1) is 17.1 Å². The Labute approximate surface area is 100 Å². The zero-order valence-electron chi connectivity index (χ0n) is 9.82. The van der Waals surface area contributed by atoms with Crippen molar-refractivity contribution in [2.24, 2.45) is 0 Å². The summed E-state index contributed by atoms with van der Waals surface area (Å²) in [6, 6.07) is 8.25. The molecule has 0 amide bonds. The molecule has 90 valence electrons. The Morgan fingerprint density at radius 1 is 1.53 bits per heavy atom. The van der Waals surface area contributed by atoms with Gasteiger partial charge in [-0.2, -0.15) is 5.26 Å². The van der Waals surface area contributed by atoms with Gasteiger partial charge in [0.25, 0.3) is 0 Å². The van der Waals surface area contributed by atoms with Crippen LogP contribution in [-0.4, -0.2) is 30.8 Å². The second-order valence-electron chi connectivity index (χ2n) is 3.99. The molecule has 0 atom stereocenters. The molecule has 0 radical (unpaired) electrons. The number of benzene rings is 1. The minimum Gasteiger partial charge on any atom is -0.299 e. The third kappa shape index (κ3) is 5.23. The second kappa shape index (κ2) is 6.77. The van der Waals surface area contributed by atoms with E-state index in [1.54, 1.807) is 6.07 Å². The Kier molecular flexibility index (Phi) is 5.31. The average Bonchev–Trinajstić information content (AvgIpc) is 2.27. The second-order valence-corrected chi connectivity index (χ2v) is 3.99. The van der Waals surface area contributed by atoms with Gasteiger partial charge in [0.1, 0.15) is 5.82 Å². The van der Waals surface area contributed by atoms with Crippen LogP contribution in [0.1, 0.15) is 12.0 Å². The van der Waals surface area contributed by atoms with Crippen molar-refractivity contribution in [2.75, 3.05) is 20.1 Å². The molecule has 3 nitrogen and oxygen atoms in total. The fourth-order valence-electron chi connectivity index (χ4n) is 1.54. The van der Waals surface area contributed by atoms with E-state index in [2.05, 4.69) is 0 Å². The van der Waals surface area contributed by atoms with Crippen LogP contribution in [0.3, 0.4) is 0 Å². The molecule has 1 rings (SSSR count). The lowest BCUT2D eigenvalue weighted by Crippen LogP contribution is -2.27. The van der Waals surface area contributed by atoms with E-state index < -0.39 is 0 Å². The van der Waals surface area contributed by atoms with Gasteiger partial charge in [0.15, 0.2) is 5.78 Å². The summed E-state index contributed by atoms with van der Waals surface area (Å²) in [5, 5.41) is 8.36. The third-order valence-electron chi connectivity index (χ3n) is 2.39. The van der Waals surface area contributed by atoms with E-state index in [0.29, 0.717) is 13.0 Å². The van der Waals surface area contributed by atoms with Crippen LogP contribution >= 0.6 is 0 Å². The molecule has 4 heteroatoms. The van der Waals surface area contributed by atoms with E-state index in [9.17, 15) is 9.18 Å². The number of nitriles is 1. The summed E-state index contributed by atoms with van der Waals surface area (Å²) < 4.78 is 12.9. The molecule has 0 fully saturated rings. The number of likely N-dealkylation sites (N-methyl/N-ethyl adjacent to an activating group) is 1. The molecule has 0 unspecified atom stereocenters. The van der Waals surface area contributed by atoms with Crippen molar-refractivity contribution in [1.29, 1.82) is 5.26 Å². The van der Waals surface area contributed by atoms with Crippen LogP contribution in [0.15, 0.2) is 24.3 Å². The molecule has 0 aromatic heterocycles. The average molecular weight is 234 g/mol. The molecule has 1 aromatic carbocycles. The Balaban J connectivity index is 2.36. The van der Waals surface area contributed by atoms with Gasteiger partial charge in [-0.15, -0.1) is 0 Å². The standard InChI is InChI=1S/C13H15FN2O/c1-16(10-13(17)5-7-15)8-6-11-3-2-4-12(14)9-11/h2-4,9H,5-6,8,10H2,1H3. The topological polar surface area (TPSA) is 44.1 Å². The predicted octanol–water partition coefficient (Wildman–Crippen LogP) is 1.78. The third-order valence-corrected chi connectivity index (χ3v) is 2.39. The first-order valence-electron chi connectivity index (χ1n) is 5.43. The van der Waals surface area contributed by atoms with Crippen LogP contribution < -0.4 is 0 Å². The summed E-state index contributed by atoms with van der Waals surface area (Å²) in [5.41, 5.74) is 0.907. The Morgan fingerprint density at radius 3 is 2.94 bits per heavy atom. The maximum Gasteiger partial charge on any atom is 0.160 e. The van der Waals surface area contributed by atoms with E-state index in [1.807, 2.05) is 24.1 Å². The Hall–Kier alpha value is -1.73.